The highest BCUT2D eigenvalue weighted by Gasteiger charge is 2.63. The lowest BCUT2D eigenvalue weighted by Crippen LogP contribution is -2.56. The Morgan fingerprint density at radius 2 is 1.72 bits per heavy atom. The number of methoxy groups -OCH3 is 1. The zero-order valence-corrected chi connectivity index (χ0v) is 19.4. The molecule has 1 aromatic carbocycles. The van der Waals surface area contributed by atoms with Gasteiger partial charge in [0.1, 0.15) is 11.8 Å². The van der Waals surface area contributed by atoms with Gasteiger partial charge in [0.05, 0.1) is 12.0 Å². The van der Waals surface area contributed by atoms with E-state index in [1.54, 1.807) is 19.1 Å². The molecule has 0 unspecified atom stereocenters. The van der Waals surface area contributed by atoms with E-state index in [1.165, 1.54) is 23.5 Å². The number of carbonyl (C=O) groups excluding carboxylic acids is 1. The van der Waals surface area contributed by atoms with Crippen molar-refractivity contribution in [2.45, 2.75) is 52.5 Å². The summed E-state index contributed by atoms with van der Waals surface area (Å²) < 4.78 is 33.4. The van der Waals surface area contributed by atoms with Gasteiger partial charge in [-0.1, -0.05) is 41.5 Å². The van der Waals surface area contributed by atoms with E-state index in [4.69, 9.17) is 4.74 Å². The molecule has 1 amide bonds. The number of nitrogens with zero attached hydrogens (tertiary/aromatic N) is 2. The van der Waals surface area contributed by atoms with Crippen LogP contribution in [0.4, 0.5) is 0 Å². The van der Waals surface area contributed by atoms with E-state index >= 15 is 0 Å². The van der Waals surface area contributed by atoms with E-state index in [-0.39, 0.29) is 17.3 Å². The van der Waals surface area contributed by atoms with Crippen LogP contribution < -0.4 is 4.74 Å². The van der Waals surface area contributed by atoms with E-state index in [9.17, 15) is 13.2 Å². The van der Waals surface area contributed by atoms with Gasteiger partial charge in [-0.05, 0) is 46.9 Å². The van der Waals surface area contributed by atoms with Crippen molar-refractivity contribution in [2.24, 2.45) is 22.7 Å². The van der Waals surface area contributed by atoms with Gasteiger partial charge >= 0.3 is 0 Å². The number of rotatable bonds is 6. The van der Waals surface area contributed by atoms with Crippen LogP contribution in [-0.2, 0) is 14.8 Å². The Labute approximate surface area is 175 Å². The fourth-order valence-corrected chi connectivity index (χ4v) is 6.56. The molecule has 0 radical (unpaired) electrons. The molecule has 1 aliphatic carbocycles. The number of sulfonamides is 1. The molecule has 29 heavy (non-hydrogen) atoms. The second kappa shape index (κ2) is 7.27. The molecule has 0 N–H and O–H groups in total. The summed E-state index contributed by atoms with van der Waals surface area (Å²) in [5, 5.41) is 0. The van der Waals surface area contributed by atoms with E-state index in [0.717, 1.165) is 13.1 Å². The van der Waals surface area contributed by atoms with Crippen molar-refractivity contribution in [3.05, 3.63) is 24.3 Å². The first-order valence-electron chi connectivity index (χ1n) is 10.3. The number of likely N-dealkylation sites (tertiary alicyclic amines) is 1. The van der Waals surface area contributed by atoms with Crippen molar-refractivity contribution in [3.8, 4) is 5.75 Å². The van der Waals surface area contributed by atoms with Crippen LogP contribution in [0.5, 0.6) is 5.75 Å². The summed E-state index contributed by atoms with van der Waals surface area (Å²) in [4.78, 5) is 15.6. The lowest BCUT2D eigenvalue weighted by molar-refractivity contribution is -0.138. The topological polar surface area (TPSA) is 66.9 Å². The normalized spacial score (nSPS) is 24.3. The van der Waals surface area contributed by atoms with Gasteiger partial charge in [0.15, 0.2) is 0 Å². The van der Waals surface area contributed by atoms with E-state index in [1.807, 2.05) is 25.7 Å². The zero-order chi connectivity index (χ0) is 21.8. The second-order valence-electron chi connectivity index (χ2n) is 9.93. The molecule has 1 saturated carbocycles. The molecule has 162 valence electrons. The summed E-state index contributed by atoms with van der Waals surface area (Å²) in [5.41, 5.74) is -0.234. The fourth-order valence-electron chi connectivity index (χ4n) is 4.78. The first kappa shape index (κ1) is 22.1. The highest BCUT2D eigenvalue weighted by molar-refractivity contribution is 7.89. The smallest absolute Gasteiger partial charge is 0.243 e. The maximum Gasteiger partial charge on any atom is 0.243 e. The standard InChI is InChI=1S/C22H34N2O4S/c1-8-24(29(26,27)16-11-9-15(28-7)10-12-16)19(21(2,3)4)20(25)23-13-17-18(14-23)22(17,5)6/h9-12,17-19H,8,13-14H2,1-7H3/t17-,18+,19-/m1/s1. The summed E-state index contributed by atoms with van der Waals surface area (Å²) in [6.07, 6.45) is 0. The summed E-state index contributed by atoms with van der Waals surface area (Å²) in [7, 11) is -2.29. The van der Waals surface area contributed by atoms with Crippen LogP contribution in [0.1, 0.15) is 41.5 Å². The number of likely N-dealkylation sites (N-methyl/N-ethyl adjacent to an activating group) is 1. The number of carbonyl (C=O) groups is 1. The molecule has 2 fully saturated rings. The molecule has 0 spiro atoms. The number of piperidine rings is 1. The van der Waals surface area contributed by atoms with Crippen molar-refractivity contribution in [1.82, 2.24) is 9.21 Å². The van der Waals surface area contributed by atoms with Crippen LogP contribution in [0.3, 0.4) is 0 Å². The Morgan fingerprint density at radius 3 is 2.14 bits per heavy atom. The minimum absolute atomic E-state index is 0.0839. The molecule has 7 heteroatoms. The van der Waals surface area contributed by atoms with Gasteiger partial charge < -0.3 is 9.64 Å². The summed E-state index contributed by atoms with van der Waals surface area (Å²) in [6, 6.07) is 5.58. The van der Waals surface area contributed by atoms with Crippen LogP contribution in [0.15, 0.2) is 29.2 Å². The van der Waals surface area contributed by atoms with Gasteiger partial charge in [-0.3, -0.25) is 4.79 Å². The molecule has 1 heterocycles. The van der Waals surface area contributed by atoms with Crippen molar-refractivity contribution in [1.29, 1.82) is 0 Å². The average molecular weight is 423 g/mol. The van der Waals surface area contributed by atoms with Crippen LogP contribution in [0.25, 0.3) is 0 Å². The molecule has 0 bridgehead atoms. The lowest BCUT2D eigenvalue weighted by atomic mass is 9.85. The summed E-state index contributed by atoms with van der Waals surface area (Å²) in [5.74, 6) is 1.56. The number of benzene rings is 1. The highest BCUT2D eigenvalue weighted by atomic mass is 32.2. The molecule has 3 atom stereocenters. The third kappa shape index (κ3) is 3.79. The zero-order valence-electron chi connectivity index (χ0n) is 18.6. The Balaban J connectivity index is 1.91. The van der Waals surface area contributed by atoms with Crippen molar-refractivity contribution in [3.63, 3.8) is 0 Å². The second-order valence-corrected chi connectivity index (χ2v) is 11.8. The minimum Gasteiger partial charge on any atom is -0.497 e. The molecule has 1 aliphatic heterocycles. The van der Waals surface area contributed by atoms with E-state index in [0.29, 0.717) is 23.0 Å². The minimum atomic E-state index is -3.83. The van der Waals surface area contributed by atoms with Gasteiger partial charge in [-0.25, -0.2) is 8.42 Å². The Morgan fingerprint density at radius 1 is 1.21 bits per heavy atom. The van der Waals surface area contributed by atoms with E-state index in [2.05, 4.69) is 13.8 Å². The van der Waals surface area contributed by atoms with Crippen LogP contribution in [0, 0.1) is 22.7 Å². The Kier molecular flexibility index (Phi) is 5.54. The monoisotopic (exact) mass is 422 g/mol. The quantitative estimate of drug-likeness (QED) is 0.706. The molecule has 1 aromatic rings. The van der Waals surface area contributed by atoms with E-state index < -0.39 is 21.5 Å². The molecule has 0 aromatic heterocycles. The van der Waals surface area contributed by atoms with Crippen molar-refractivity contribution < 1.29 is 17.9 Å². The van der Waals surface area contributed by atoms with Crippen LogP contribution in [-0.4, -0.2) is 56.3 Å². The fraction of sp³-hybridized carbons (Fsp3) is 0.682. The number of hydrogen-bond acceptors (Lipinski definition) is 4. The average Bonchev–Trinajstić information content (AvgIpc) is 3.00. The molecule has 6 nitrogen and oxygen atoms in total. The van der Waals surface area contributed by atoms with Gasteiger partial charge in [-0.15, -0.1) is 0 Å². The number of hydrogen-bond donors (Lipinski definition) is 0. The molecule has 1 saturated heterocycles. The predicted molar refractivity (Wildman–Crippen MR) is 113 cm³/mol. The number of fused-ring (bicyclic) bond motifs is 1. The lowest BCUT2D eigenvalue weighted by Gasteiger charge is -2.40. The Bertz CT molecular complexity index is 857. The first-order chi connectivity index (χ1) is 13.4. The Hall–Kier alpha value is -1.60. The highest BCUT2D eigenvalue weighted by Crippen LogP contribution is 2.62. The summed E-state index contributed by atoms with van der Waals surface area (Å²) in [6.45, 7) is 13.8. The number of amides is 1. The van der Waals surface area contributed by atoms with Gasteiger partial charge in [0, 0.05) is 19.6 Å². The molecular formula is C22H34N2O4S. The van der Waals surface area contributed by atoms with Gasteiger partial charge in [0.2, 0.25) is 15.9 Å². The SMILES string of the molecule is CCN([C@H](C(=O)N1C[C@@H]2[C@H](C1)C2(C)C)C(C)(C)C)S(=O)(=O)c1ccc(OC)cc1. The molecular weight excluding hydrogens is 388 g/mol. The molecule has 3 rings (SSSR count). The van der Waals surface area contributed by atoms with Crippen LogP contribution >= 0.6 is 0 Å². The van der Waals surface area contributed by atoms with Crippen molar-refractivity contribution >= 4 is 15.9 Å². The van der Waals surface area contributed by atoms with Crippen molar-refractivity contribution in [2.75, 3.05) is 26.7 Å². The maximum atomic E-state index is 13.5. The van der Waals surface area contributed by atoms with Gasteiger partial charge in [0.25, 0.3) is 0 Å². The third-order valence-corrected chi connectivity index (χ3v) is 8.71. The summed E-state index contributed by atoms with van der Waals surface area (Å²) >= 11 is 0. The van der Waals surface area contributed by atoms with Crippen LogP contribution in [0.2, 0.25) is 0 Å². The van der Waals surface area contributed by atoms with Gasteiger partial charge in [-0.2, -0.15) is 4.31 Å². The maximum absolute atomic E-state index is 13.5. The number of ether oxygens (including phenoxy) is 1. The first-order valence-corrected chi connectivity index (χ1v) is 11.7. The molecule has 2 aliphatic rings. The predicted octanol–water partition coefficient (Wildman–Crippen LogP) is 3.23. The largest absolute Gasteiger partial charge is 0.497 e. The third-order valence-electron chi connectivity index (χ3n) is 6.75.